The SMILES string of the molecule is CC1CC1CN(C)C(=O)c1ccc(O)cc1. The second-order valence-electron chi connectivity index (χ2n) is 4.71. The Morgan fingerprint density at radius 1 is 1.44 bits per heavy atom. The molecule has 1 fully saturated rings. The highest BCUT2D eigenvalue weighted by Crippen LogP contribution is 2.38. The summed E-state index contributed by atoms with van der Waals surface area (Å²) in [6.07, 6.45) is 1.23. The maximum Gasteiger partial charge on any atom is 0.253 e. The van der Waals surface area contributed by atoms with E-state index < -0.39 is 0 Å². The van der Waals surface area contributed by atoms with Crippen molar-refractivity contribution in [3.8, 4) is 5.75 Å². The zero-order valence-electron chi connectivity index (χ0n) is 9.68. The van der Waals surface area contributed by atoms with E-state index in [-0.39, 0.29) is 11.7 Å². The molecule has 86 valence electrons. The average molecular weight is 219 g/mol. The molecule has 0 bridgehead atoms. The van der Waals surface area contributed by atoms with Crippen LogP contribution in [0.5, 0.6) is 5.75 Å². The molecule has 1 aliphatic carbocycles. The van der Waals surface area contributed by atoms with Crippen molar-refractivity contribution in [2.24, 2.45) is 11.8 Å². The molecular weight excluding hydrogens is 202 g/mol. The second-order valence-corrected chi connectivity index (χ2v) is 4.71. The molecule has 1 aromatic rings. The van der Waals surface area contributed by atoms with E-state index in [1.807, 2.05) is 7.05 Å². The van der Waals surface area contributed by atoms with E-state index in [0.717, 1.165) is 12.5 Å². The molecule has 1 N–H and O–H groups in total. The molecule has 0 aliphatic heterocycles. The van der Waals surface area contributed by atoms with Crippen LogP contribution in [0.1, 0.15) is 23.7 Å². The number of phenolic OH excluding ortho intramolecular Hbond substituents is 1. The number of amides is 1. The number of hydrogen-bond donors (Lipinski definition) is 1. The Hall–Kier alpha value is -1.51. The van der Waals surface area contributed by atoms with Gasteiger partial charge in [0.1, 0.15) is 5.75 Å². The Morgan fingerprint density at radius 3 is 2.50 bits per heavy atom. The Bertz CT molecular complexity index is 385. The van der Waals surface area contributed by atoms with E-state index in [1.165, 1.54) is 6.42 Å². The summed E-state index contributed by atoms with van der Waals surface area (Å²) in [5.41, 5.74) is 0.633. The summed E-state index contributed by atoms with van der Waals surface area (Å²) < 4.78 is 0. The van der Waals surface area contributed by atoms with E-state index >= 15 is 0 Å². The maximum atomic E-state index is 12.0. The van der Waals surface area contributed by atoms with Crippen molar-refractivity contribution < 1.29 is 9.90 Å². The molecule has 2 rings (SSSR count). The van der Waals surface area contributed by atoms with Gasteiger partial charge in [-0.1, -0.05) is 6.92 Å². The first kappa shape index (κ1) is 11.0. The number of carbonyl (C=O) groups is 1. The molecule has 3 nitrogen and oxygen atoms in total. The fourth-order valence-corrected chi connectivity index (χ4v) is 1.91. The Labute approximate surface area is 95.7 Å². The van der Waals surface area contributed by atoms with Gasteiger partial charge in [0.25, 0.3) is 5.91 Å². The van der Waals surface area contributed by atoms with Crippen LogP contribution < -0.4 is 0 Å². The fourth-order valence-electron chi connectivity index (χ4n) is 1.91. The predicted octanol–water partition coefficient (Wildman–Crippen LogP) is 2.12. The van der Waals surface area contributed by atoms with Crippen LogP contribution in [0, 0.1) is 11.8 Å². The molecule has 1 saturated carbocycles. The van der Waals surface area contributed by atoms with Gasteiger partial charge in [0.2, 0.25) is 0 Å². The number of nitrogens with zero attached hydrogens (tertiary/aromatic N) is 1. The lowest BCUT2D eigenvalue weighted by Crippen LogP contribution is -2.28. The Kier molecular flexibility index (Phi) is 2.86. The van der Waals surface area contributed by atoms with E-state index in [0.29, 0.717) is 11.5 Å². The third-order valence-corrected chi connectivity index (χ3v) is 3.25. The fraction of sp³-hybridized carbons (Fsp3) is 0.462. The van der Waals surface area contributed by atoms with Gasteiger partial charge < -0.3 is 10.0 Å². The third kappa shape index (κ3) is 2.35. The summed E-state index contributed by atoms with van der Waals surface area (Å²) in [5, 5.41) is 9.14. The minimum absolute atomic E-state index is 0.0269. The van der Waals surface area contributed by atoms with Crippen molar-refractivity contribution in [1.82, 2.24) is 4.90 Å². The van der Waals surface area contributed by atoms with Gasteiger partial charge in [0, 0.05) is 19.2 Å². The zero-order chi connectivity index (χ0) is 11.7. The lowest BCUT2D eigenvalue weighted by atomic mass is 10.2. The van der Waals surface area contributed by atoms with Crippen molar-refractivity contribution in [2.45, 2.75) is 13.3 Å². The first-order valence-corrected chi connectivity index (χ1v) is 5.62. The van der Waals surface area contributed by atoms with Gasteiger partial charge in [0.15, 0.2) is 0 Å². The molecule has 0 spiro atoms. The molecule has 0 heterocycles. The molecule has 2 atom stereocenters. The molecule has 0 saturated heterocycles. The summed E-state index contributed by atoms with van der Waals surface area (Å²) in [7, 11) is 1.83. The Morgan fingerprint density at radius 2 is 2.00 bits per heavy atom. The summed E-state index contributed by atoms with van der Waals surface area (Å²) >= 11 is 0. The van der Waals surface area contributed by atoms with Crippen LogP contribution in [0.15, 0.2) is 24.3 Å². The van der Waals surface area contributed by atoms with E-state index in [2.05, 4.69) is 6.92 Å². The maximum absolute atomic E-state index is 12.0. The first-order valence-electron chi connectivity index (χ1n) is 5.62. The molecular formula is C13H17NO2. The zero-order valence-corrected chi connectivity index (χ0v) is 9.68. The smallest absolute Gasteiger partial charge is 0.253 e. The minimum Gasteiger partial charge on any atom is -0.508 e. The van der Waals surface area contributed by atoms with Crippen molar-refractivity contribution in [2.75, 3.05) is 13.6 Å². The standard InChI is InChI=1S/C13H17NO2/c1-9-7-11(9)8-14(2)13(16)10-3-5-12(15)6-4-10/h3-6,9,11,15H,7-8H2,1-2H3. The summed E-state index contributed by atoms with van der Waals surface area (Å²) in [6, 6.07) is 6.40. The van der Waals surface area contributed by atoms with Crippen LogP contribution in [-0.2, 0) is 0 Å². The van der Waals surface area contributed by atoms with Crippen molar-refractivity contribution >= 4 is 5.91 Å². The second kappa shape index (κ2) is 4.16. The quantitative estimate of drug-likeness (QED) is 0.846. The van der Waals surface area contributed by atoms with Crippen molar-refractivity contribution in [1.29, 1.82) is 0 Å². The van der Waals surface area contributed by atoms with Crippen LogP contribution in [0.25, 0.3) is 0 Å². The molecule has 1 aliphatic rings. The molecule has 2 unspecified atom stereocenters. The van der Waals surface area contributed by atoms with Crippen LogP contribution in [0.3, 0.4) is 0 Å². The number of rotatable bonds is 3. The summed E-state index contributed by atoms with van der Waals surface area (Å²) in [4.78, 5) is 13.7. The van der Waals surface area contributed by atoms with E-state index in [4.69, 9.17) is 5.11 Å². The number of benzene rings is 1. The monoisotopic (exact) mass is 219 g/mol. The summed E-state index contributed by atoms with van der Waals surface area (Å²) in [5.74, 6) is 1.65. The highest BCUT2D eigenvalue weighted by molar-refractivity contribution is 5.94. The van der Waals surface area contributed by atoms with Crippen LogP contribution in [0.2, 0.25) is 0 Å². The molecule has 3 heteroatoms. The normalized spacial score (nSPS) is 22.9. The molecule has 1 amide bonds. The van der Waals surface area contributed by atoms with Gasteiger partial charge >= 0.3 is 0 Å². The van der Waals surface area contributed by atoms with E-state index in [1.54, 1.807) is 29.2 Å². The summed E-state index contributed by atoms with van der Waals surface area (Å²) in [6.45, 7) is 3.05. The average Bonchev–Trinajstić information content (AvgIpc) is 2.94. The topological polar surface area (TPSA) is 40.5 Å². The number of phenols is 1. The molecule has 0 aromatic heterocycles. The van der Waals surface area contributed by atoms with E-state index in [9.17, 15) is 4.79 Å². The van der Waals surface area contributed by atoms with Gasteiger partial charge in [-0.3, -0.25) is 4.79 Å². The number of hydrogen-bond acceptors (Lipinski definition) is 2. The van der Waals surface area contributed by atoms with Gasteiger partial charge in [-0.25, -0.2) is 0 Å². The van der Waals surface area contributed by atoms with Gasteiger partial charge in [0.05, 0.1) is 0 Å². The number of aromatic hydroxyl groups is 1. The predicted molar refractivity (Wildman–Crippen MR) is 62.3 cm³/mol. The third-order valence-electron chi connectivity index (χ3n) is 3.25. The largest absolute Gasteiger partial charge is 0.508 e. The highest BCUT2D eigenvalue weighted by Gasteiger charge is 2.34. The molecule has 16 heavy (non-hydrogen) atoms. The van der Waals surface area contributed by atoms with Crippen molar-refractivity contribution in [3.05, 3.63) is 29.8 Å². The molecule has 0 radical (unpaired) electrons. The van der Waals surface area contributed by atoms with Gasteiger partial charge in [-0.2, -0.15) is 0 Å². The Balaban J connectivity index is 1.98. The number of carbonyl (C=O) groups excluding carboxylic acids is 1. The van der Waals surface area contributed by atoms with Crippen LogP contribution >= 0.6 is 0 Å². The van der Waals surface area contributed by atoms with Crippen molar-refractivity contribution in [3.63, 3.8) is 0 Å². The lowest BCUT2D eigenvalue weighted by molar-refractivity contribution is 0.0787. The minimum atomic E-state index is 0.0269. The first-order chi connectivity index (χ1) is 7.58. The van der Waals surface area contributed by atoms with Gasteiger partial charge in [-0.05, 0) is 42.5 Å². The van der Waals surface area contributed by atoms with Crippen LogP contribution in [-0.4, -0.2) is 29.5 Å². The highest BCUT2D eigenvalue weighted by atomic mass is 16.3. The van der Waals surface area contributed by atoms with Crippen LogP contribution in [0.4, 0.5) is 0 Å². The van der Waals surface area contributed by atoms with Gasteiger partial charge in [-0.15, -0.1) is 0 Å². The lowest BCUT2D eigenvalue weighted by Gasteiger charge is -2.17. The molecule has 1 aromatic carbocycles.